The number of rotatable bonds is 7. The lowest BCUT2D eigenvalue weighted by atomic mass is 10.2. The van der Waals surface area contributed by atoms with Crippen molar-refractivity contribution in [2.75, 3.05) is 6.54 Å². The first kappa shape index (κ1) is 19.2. The van der Waals surface area contributed by atoms with E-state index in [4.69, 9.17) is 0 Å². The van der Waals surface area contributed by atoms with Crippen molar-refractivity contribution in [3.8, 4) is 5.75 Å². The van der Waals surface area contributed by atoms with Crippen LogP contribution in [0.25, 0.3) is 10.9 Å². The molecular formula is C18H17F3N2O3S. The second kappa shape index (κ2) is 7.61. The van der Waals surface area contributed by atoms with Crippen molar-refractivity contribution in [1.29, 1.82) is 0 Å². The lowest BCUT2D eigenvalue weighted by molar-refractivity contribution is -0.274. The Hall–Kier alpha value is -2.52. The maximum Gasteiger partial charge on any atom is 0.573 e. The molecular weight excluding hydrogens is 381 g/mol. The number of fused-ring (bicyclic) bond motifs is 1. The Morgan fingerprint density at radius 1 is 1.00 bits per heavy atom. The fourth-order valence-corrected chi connectivity index (χ4v) is 3.77. The van der Waals surface area contributed by atoms with Gasteiger partial charge < -0.3 is 9.30 Å². The zero-order valence-electron chi connectivity index (χ0n) is 14.1. The molecule has 144 valence electrons. The fourth-order valence-electron chi connectivity index (χ4n) is 2.70. The van der Waals surface area contributed by atoms with Crippen LogP contribution in [0.4, 0.5) is 13.2 Å². The summed E-state index contributed by atoms with van der Waals surface area (Å²) in [6.45, 7) is 0.837. The number of aryl methyl sites for hydroxylation is 1. The van der Waals surface area contributed by atoms with E-state index in [-0.39, 0.29) is 11.4 Å². The lowest BCUT2D eigenvalue weighted by Crippen LogP contribution is -2.25. The summed E-state index contributed by atoms with van der Waals surface area (Å²) in [6, 6.07) is 13.9. The monoisotopic (exact) mass is 398 g/mol. The van der Waals surface area contributed by atoms with Gasteiger partial charge in [0, 0.05) is 24.8 Å². The van der Waals surface area contributed by atoms with Gasteiger partial charge in [0.15, 0.2) is 0 Å². The maximum atomic E-state index is 12.2. The van der Waals surface area contributed by atoms with Crippen molar-refractivity contribution in [2.45, 2.75) is 24.2 Å². The molecule has 9 heteroatoms. The number of nitrogens with zero attached hydrogens (tertiary/aromatic N) is 1. The van der Waals surface area contributed by atoms with Crippen LogP contribution in [0.1, 0.15) is 6.42 Å². The number of para-hydroxylation sites is 1. The molecule has 27 heavy (non-hydrogen) atoms. The number of ether oxygens (including phenoxy) is 1. The summed E-state index contributed by atoms with van der Waals surface area (Å²) in [6.07, 6.45) is -2.31. The van der Waals surface area contributed by atoms with E-state index in [2.05, 4.69) is 9.46 Å². The maximum absolute atomic E-state index is 12.2. The Bertz CT molecular complexity index is 1010. The zero-order chi connectivity index (χ0) is 19.5. The molecule has 0 saturated carbocycles. The summed E-state index contributed by atoms with van der Waals surface area (Å²) in [7, 11) is -3.80. The van der Waals surface area contributed by atoms with Gasteiger partial charge in [-0.1, -0.05) is 18.2 Å². The molecule has 0 fully saturated rings. The van der Waals surface area contributed by atoms with E-state index in [0.717, 1.165) is 35.2 Å². The van der Waals surface area contributed by atoms with Crippen molar-refractivity contribution >= 4 is 20.9 Å². The van der Waals surface area contributed by atoms with Crippen LogP contribution in [0.3, 0.4) is 0 Å². The molecule has 0 aliphatic heterocycles. The average molecular weight is 398 g/mol. The summed E-state index contributed by atoms with van der Waals surface area (Å²) in [5, 5.41) is 1.11. The van der Waals surface area contributed by atoms with Crippen LogP contribution in [0, 0.1) is 0 Å². The lowest BCUT2D eigenvalue weighted by Gasteiger charge is -2.10. The van der Waals surface area contributed by atoms with E-state index in [1.54, 1.807) is 0 Å². The summed E-state index contributed by atoms with van der Waals surface area (Å²) >= 11 is 0. The molecule has 1 N–H and O–H groups in total. The van der Waals surface area contributed by atoms with Crippen molar-refractivity contribution in [2.24, 2.45) is 0 Å². The summed E-state index contributed by atoms with van der Waals surface area (Å²) in [5.41, 5.74) is 1.07. The first-order valence-electron chi connectivity index (χ1n) is 8.14. The van der Waals surface area contributed by atoms with Crippen molar-refractivity contribution in [1.82, 2.24) is 9.29 Å². The molecule has 1 aromatic heterocycles. The number of sulfonamides is 1. The average Bonchev–Trinajstić information content (AvgIpc) is 3.01. The molecule has 0 spiro atoms. The largest absolute Gasteiger partial charge is 0.573 e. The third-order valence-electron chi connectivity index (χ3n) is 3.92. The third kappa shape index (κ3) is 5.01. The summed E-state index contributed by atoms with van der Waals surface area (Å²) in [4.78, 5) is -0.122. The van der Waals surface area contributed by atoms with E-state index in [1.807, 2.05) is 41.1 Å². The smallest absolute Gasteiger partial charge is 0.406 e. The number of hydrogen-bond donors (Lipinski definition) is 1. The molecule has 0 aliphatic carbocycles. The molecule has 0 atom stereocenters. The number of halogens is 3. The van der Waals surface area contributed by atoms with Gasteiger partial charge in [-0.05, 0) is 48.2 Å². The molecule has 2 aromatic carbocycles. The Morgan fingerprint density at radius 3 is 2.41 bits per heavy atom. The van der Waals surface area contributed by atoms with E-state index >= 15 is 0 Å². The predicted octanol–water partition coefficient (Wildman–Crippen LogP) is 3.91. The van der Waals surface area contributed by atoms with Crippen molar-refractivity contribution in [3.05, 3.63) is 60.8 Å². The van der Waals surface area contributed by atoms with E-state index < -0.39 is 22.1 Å². The minimum atomic E-state index is -4.82. The highest BCUT2D eigenvalue weighted by atomic mass is 32.2. The van der Waals surface area contributed by atoms with Crippen LogP contribution in [0.15, 0.2) is 65.7 Å². The van der Waals surface area contributed by atoms with Crippen LogP contribution >= 0.6 is 0 Å². The standard InChI is InChI=1S/C18H17F3N2O3S/c19-18(20,21)26-15-6-8-16(9-7-15)27(24,25)22-11-3-12-23-13-10-14-4-1-2-5-17(14)23/h1-2,4-10,13,22H,3,11-12H2. The SMILES string of the molecule is O=S(=O)(NCCCn1ccc2ccccc21)c1ccc(OC(F)(F)F)cc1. The molecule has 0 amide bonds. The van der Waals surface area contributed by atoms with Crippen LogP contribution in [0.2, 0.25) is 0 Å². The van der Waals surface area contributed by atoms with Gasteiger partial charge in [-0.25, -0.2) is 13.1 Å². The van der Waals surface area contributed by atoms with Gasteiger partial charge >= 0.3 is 6.36 Å². The van der Waals surface area contributed by atoms with Crippen LogP contribution in [0.5, 0.6) is 5.75 Å². The predicted molar refractivity (Wildman–Crippen MR) is 94.9 cm³/mol. The number of nitrogens with one attached hydrogen (secondary N) is 1. The van der Waals surface area contributed by atoms with Crippen molar-refractivity contribution in [3.63, 3.8) is 0 Å². The highest BCUT2D eigenvalue weighted by Crippen LogP contribution is 2.23. The van der Waals surface area contributed by atoms with Gasteiger partial charge in [0.2, 0.25) is 10.0 Å². The van der Waals surface area contributed by atoms with Gasteiger partial charge in [-0.2, -0.15) is 0 Å². The van der Waals surface area contributed by atoms with Crippen molar-refractivity contribution < 1.29 is 26.3 Å². The molecule has 0 bridgehead atoms. The highest BCUT2D eigenvalue weighted by Gasteiger charge is 2.31. The summed E-state index contributed by atoms with van der Waals surface area (Å²) < 4.78 is 69.1. The van der Waals surface area contributed by atoms with Crippen LogP contribution in [-0.4, -0.2) is 25.9 Å². The second-order valence-corrected chi connectivity index (χ2v) is 7.61. The van der Waals surface area contributed by atoms with E-state index in [9.17, 15) is 21.6 Å². The van der Waals surface area contributed by atoms with Crippen LogP contribution in [-0.2, 0) is 16.6 Å². The van der Waals surface area contributed by atoms with Crippen LogP contribution < -0.4 is 9.46 Å². The van der Waals surface area contributed by atoms with Gasteiger partial charge in [0.1, 0.15) is 5.75 Å². The van der Waals surface area contributed by atoms with Gasteiger partial charge in [0.05, 0.1) is 4.90 Å². The molecule has 3 aromatic rings. The zero-order valence-corrected chi connectivity index (χ0v) is 14.9. The first-order chi connectivity index (χ1) is 12.7. The quantitative estimate of drug-likeness (QED) is 0.614. The van der Waals surface area contributed by atoms with E-state index in [0.29, 0.717) is 13.0 Å². The molecule has 0 radical (unpaired) electrons. The number of alkyl halides is 3. The number of hydrogen-bond acceptors (Lipinski definition) is 3. The Kier molecular flexibility index (Phi) is 5.43. The van der Waals surface area contributed by atoms with E-state index in [1.165, 1.54) is 0 Å². The first-order valence-corrected chi connectivity index (χ1v) is 9.62. The number of aromatic nitrogens is 1. The molecule has 3 rings (SSSR count). The Morgan fingerprint density at radius 2 is 1.70 bits per heavy atom. The molecule has 5 nitrogen and oxygen atoms in total. The van der Waals surface area contributed by atoms with Gasteiger partial charge in [-0.15, -0.1) is 13.2 Å². The molecule has 0 aliphatic rings. The number of benzene rings is 2. The molecule has 0 saturated heterocycles. The normalized spacial score (nSPS) is 12.4. The molecule has 1 heterocycles. The topological polar surface area (TPSA) is 60.3 Å². The second-order valence-electron chi connectivity index (χ2n) is 5.84. The Labute approximate surface area is 154 Å². The van der Waals surface area contributed by atoms with Gasteiger partial charge in [0.25, 0.3) is 0 Å². The summed E-state index contributed by atoms with van der Waals surface area (Å²) in [5.74, 6) is -0.471. The fraction of sp³-hybridized carbons (Fsp3) is 0.222. The molecule has 0 unspecified atom stereocenters. The minimum absolute atomic E-state index is 0.122. The highest BCUT2D eigenvalue weighted by molar-refractivity contribution is 7.89. The Balaban J connectivity index is 1.55. The minimum Gasteiger partial charge on any atom is -0.406 e. The van der Waals surface area contributed by atoms with Gasteiger partial charge in [-0.3, -0.25) is 0 Å². The third-order valence-corrected chi connectivity index (χ3v) is 5.39.